The Balaban J connectivity index is 1.78. The van der Waals surface area contributed by atoms with Gasteiger partial charge in [0, 0.05) is 25.8 Å². The highest BCUT2D eigenvalue weighted by molar-refractivity contribution is 5.96. The number of amides is 2. The van der Waals surface area contributed by atoms with Gasteiger partial charge >= 0.3 is 0 Å². The summed E-state index contributed by atoms with van der Waals surface area (Å²) in [7, 11) is 4.76. The van der Waals surface area contributed by atoms with Crippen molar-refractivity contribution in [3.63, 3.8) is 0 Å². The monoisotopic (exact) mass is 508 g/mol. The van der Waals surface area contributed by atoms with E-state index in [1.165, 1.54) is 4.90 Å². The molecule has 0 aliphatic heterocycles. The molecule has 8 nitrogen and oxygen atoms in total. The number of rotatable bonds is 13. The number of furan rings is 1. The Hall–Kier alpha value is -3.78. The molecule has 0 aliphatic rings. The second kappa shape index (κ2) is 13.5. The van der Waals surface area contributed by atoms with E-state index in [0.29, 0.717) is 55.5 Å². The SMILES string of the molecule is COCCN(CC(=O)N(CCc1ccc(OC)c(OC)c1)Cc1ccc(C)o1)C(=O)c1ccc(C)cc1. The van der Waals surface area contributed by atoms with E-state index in [4.69, 9.17) is 18.6 Å². The van der Waals surface area contributed by atoms with Gasteiger partial charge in [-0.15, -0.1) is 0 Å². The highest BCUT2D eigenvalue weighted by Gasteiger charge is 2.23. The molecule has 1 aromatic heterocycles. The molecule has 0 saturated heterocycles. The van der Waals surface area contributed by atoms with Crippen molar-refractivity contribution in [2.45, 2.75) is 26.8 Å². The number of nitrogens with zero attached hydrogens (tertiary/aromatic N) is 2. The predicted octanol–water partition coefficient (Wildman–Crippen LogP) is 4.27. The van der Waals surface area contributed by atoms with Gasteiger partial charge in [-0.2, -0.15) is 0 Å². The van der Waals surface area contributed by atoms with Crippen LogP contribution in [0.1, 0.15) is 33.0 Å². The standard InChI is InChI=1S/C29H36N2O6/c1-21-6-10-24(11-7-21)29(33)31(16-17-34-3)20-28(32)30(19-25-12-8-22(2)37-25)15-14-23-9-13-26(35-4)27(18-23)36-5/h6-13,18H,14-17,19-20H2,1-5H3. The molecule has 0 atom stereocenters. The molecular formula is C29H36N2O6. The fraction of sp³-hybridized carbons (Fsp3) is 0.379. The summed E-state index contributed by atoms with van der Waals surface area (Å²) >= 11 is 0. The fourth-order valence-electron chi connectivity index (χ4n) is 3.95. The van der Waals surface area contributed by atoms with Crippen molar-refractivity contribution in [3.8, 4) is 11.5 Å². The number of hydrogen-bond acceptors (Lipinski definition) is 6. The zero-order chi connectivity index (χ0) is 26.8. The van der Waals surface area contributed by atoms with Gasteiger partial charge in [-0.3, -0.25) is 9.59 Å². The van der Waals surface area contributed by atoms with Crippen molar-refractivity contribution >= 4 is 11.8 Å². The molecule has 0 radical (unpaired) electrons. The number of aryl methyl sites for hydroxylation is 2. The largest absolute Gasteiger partial charge is 0.493 e. The first-order chi connectivity index (χ1) is 17.8. The van der Waals surface area contributed by atoms with Crippen LogP contribution in [-0.4, -0.2) is 69.2 Å². The summed E-state index contributed by atoms with van der Waals surface area (Å²) < 4.78 is 21.7. The molecule has 8 heteroatoms. The topological polar surface area (TPSA) is 81.5 Å². The highest BCUT2D eigenvalue weighted by atomic mass is 16.5. The lowest BCUT2D eigenvalue weighted by atomic mass is 10.1. The smallest absolute Gasteiger partial charge is 0.254 e. The van der Waals surface area contributed by atoms with Crippen LogP contribution in [0.25, 0.3) is 0 Å². The summed E-state index contributed by atoms with van der Waals surface area (Å²) in [6.45, 7) is 5.13. The maximum atomic E-state index is 13.6. The molecule has 0 aliphatic carbocycles. The van der Waals surface area contributed by atoms with E-state index in [1.807, 2.05) is 56.3 Å². The molecule has 2 amide bonds. The first-order valence-corrected chi connectivity index (χ1v) is 12.2. The third-order valence-corrected chi connectivity index (χ3v) is 6.09. The number of carbonyl (C=O) groups is 2. The van der Waals surface area contributed by atoms with Crippen LogP contribution >= 0.6 is 0 Å². The number of carbonyl (C=O) groups excluding carboxylic acids is 2. The van der Waals surface area contributed by atoms with Crippen molar-refractivity contribution in [2.24, 2.45) is 0 Å². The zero-order valence-corrected chi connectivity index (χ0v) is 22.3. The molecular weight excluding hydrogens is 472 g/mol. The van der Waals surface area contributed by atoms with E-state index in [9.17, 15) is 9.59 Å². The molecule has 0 fully saturated rings. The van der Waals surface area contributed by atoms with Crippen molar-refractivity contribution in [2.75, 3.05) is 47.6 Å². The molecule has 0 spiro atoms. The first kappa shape index (κ1) is 27.8. The summed E-state index contributed by atoms with van der Waals surface area (Å²) in [6.07, 6.45) is 0.593. The van der Waals surface area contributed by atoms with E-state index in [2.05, 4.69) is 0 Å². The average Bonchev–Trinajstić information content (AvgIpc) is 3.32. The minimum atomic E-state index is -0.209. The normalized spacial score (nSPS) is 10.7. The summed E-state index contributed by atoms with van der Waals surface area (Å²) in [6, 6.07) is 16.8. The van der Waals surface area contributed by atoms with Crippen molar-refractivity contribution in [1.29, 1.82) is 0 Å². The molecule has 0 unspecified atom stereocenters. The Bertz CT molecular complexity index is 1170. The van der Waals surface area contributed by atoms with Crippen LogP contribution in [0, 0.1) is 13.8 Å². The van der Waals surface area contributed by atoms with Gasteiger partial charge in [0.05, 0.1) is 27.4 Å². The number of methoxy groups -OCH3 is 3. The number of hydrogen-bond donors (Lipinski definition) is 0. The molecule has 3 aromatic rings. The van der Waals surface area contributed by atoms with Crippen molar-refractivity contribution in [1.82, 2.24) is 9.80 Å². The minimum Gasteiger partial charge on any atom is -0.493 e. The molecule has 37 heavy (non-hydrogen) atoms. The van der Waals surface area contributed by atoms with Crippen LogP contribution in [0.3, 0.4) is 0 Å². The number of ether oxygens (including phenoxy) is 3. The first-order valence-electron chi connectivity index (χ1n) is 12.2. The van der Waals surface area contributed by atoms with E-state index < -0.39 is 0 Å². The molecule has 198 valence electrons. The lowest BCUT2D eigenvalue weighted by Gasteiger charge is -2.27. The Labute approximate surface area is 218 Å². The van der Waals surface area contributed by atoms with Crippen LogP contribution in [0.15, 0.2) is 59.0 Å². The maximum absolute atomic E-state index is 13.6. The van der Waals surface area contributed by atoms with Crippen molar-refractivity contribution < 1.29 is 28.2 Å². The van der Waals surface area contributed by atoms with Gasteiger partial charge in [0.25, 0.3) is 5.91 Å². The molecule has 0 saturated carbocycles. The molecule has 0 bridgehead atoms. The maximum Gasteiger partial charge on any atom is 0.254 e. The van der Waals surface area contributed by atoms with E-state index in [1.54, 1.807) is 38.4 Å². The Kier molecular flexibility index (Phi) is 10.1. The molecule has 2 aromatic carbocycles. The van der Waals surface area contributed by atoms with Crippen LogP contribution in [-0.2, 0) is 22.5 Å². The minimum absolute atomic E-state index is 0.0678. The highest BCUT2D eigenvalue weighted by Crippen LogP contribution is 2.28. The average molecular weight is 509 g/mol. The van der Waals surface area contributed by atoms with Crippen LogP contribution in [0.4, 0.5) is 0 Å². The predicted molar refractivity (Wildman–Crippen MR) is 141 cm³/mol. The van der Waals surface area contributed by atoms with Gasteiger partial charge in [0.1, 0.15) is 18.1 Å². The van der Waals surface area contributed by atoms with Gasteiger partial charge in [-0.25, -0.2) is 0 Å². The van der Waals surface area contributed by atoms with Gasteiger partial charge in [-0.05, 0) is 62.2 Å². The third-order valence-electron chi connectivity index (χ3n) is 6.09. The van der Waals surface area contributed by atoms with Crippen LogP contribution in [0.2, 0.25) is 0 Å². The second-order valence-corrected chi connectivity index (χ2v) is 8.85. The third kappa shape index (κ3) is 7.85. The Morgan fingerprint density at radius 2 is 1.57 bits per heavy atom. The summed E-state index contributed by atoms with van der Waals surface area (Å²) in [5, 5.41) is 0. The van der Waals surface area contributed by atoms with Crippen molar-refractivity contribution in [3.05, 3.63) is 82.8 Å². The quantitative estimate of drug-likeness (QED) is 0.343. The van der Waals surface area contributed by atoms with Gasteiger partial charge in [0.2, 0.25) is 5.91 Å². The fourth-order valence-corrected chi connectivity index (χ4v) is 3.95. The summed E-state index contributed by atoms with van der Waals surface area (Å²) in [4.78, 5) is 30.1. The molecule has 0 N–H and O–H groups in total. The Morgan fingerprint density at radius 1 is 0.838 bits per heavy atom. The van der Waals surface area contributed by atoms with E-state index >= 15 is 0 Å². The zero-order valence-electron chi connectivity index (χ0n) is 22.3. The van der Waals surface area contributed by atoms with Gasteiger partial charge in [-0.1, -0.05) is 23.8 Å². The number of benzene rings is 2. The second-order valence-electron chi connectivity index (χ2n) is 8.85. The lowest BCUT2D eigenvalue weighted by Crippen LogP contribution is -2.44. The lowest BCUT2D eigenvalue weighted by molar-refractivity contribution is -0.132. The molecule has 1 heterocycles. The molecule has 3 rings (SSSR count). The van der Waals surface area contributed by atoms with Gasteiger partial charge < -0.3 is 28.4 Å². The summed E-state index contributed by atoms with van der Waals surface area (Å²) in [5.41, 5.74) is 2.59. The van der Waals surface area contributed by atoms with Gasteiger partial charge in [0.15, 0.2) is 11.5 Å². The summed E-state index contributed by atoms with van der Waals surface area (Å²) in [5.74, 6) is 2.36. The van der Waals surface area contributed by atoms with E-state index in [-0.39, 0.29) is 18.4 Å². The van der Waals surface area contributed by atoms with E-state index in [0.717, 1.165) is 16.9 Å². The van der Waals surface area contributed by atoms with Crippen LogP contribution in [0.5, 0.6) is 11.5 Å². The Morgan fingerprint density at radius 3 is 2.19 bits per heavy atom. The van der Waals surface area contributed by atoms with Crippen LogP contribution < -0.4 is 9.47 Å².